The number of amides is 1. The summed E-state index contributed by atoms with van der Waals surface area (Å²) in [7, 11) is 0. The molecule has 2 unspecified atom stereocenters. The van der Waals surface area contributed by atoms with Gasteiger partial charge in [-0.3, -0.25) is 10.2 Å². The Morgan fingerprint density at radius 3 is 2.72 bits per heavy atom. The molecule has 1 saturated heterocycles. The summed E-state index contributed by atoms with van der Waals surface area (Å²) in [5.74, 6) is -0.0706. The van der Waals surface area contributed by atoms with Gasteiger partial charge in [0.25, 0.3) is 5.91 Å². The van der Waals surface area contributed by atoms with Crippen LogP contribution in [0.1, 0.15) is 43.5 Å². The van der Waals surface area contributed by atoms with Gasteiger partial charge in [-0.15, -0.1) is 0 Å². The first-order valence-electron chi connectivity index (χ1n) is 6.29. The summed E-state index contributed by atoms with van der Waals surface area (Å²) in [6.45, 7) is 4.30. The smallest absolute Gasteiger partial charge is 0.265 e. The van der Waals surface area contributed by atoms with Gasteiger partial charge in [0.15, 0.2) is 0 Å². The van der Waals surface area contributed by atoms with E-state index in [1.54, 1.807) is 18.3 Å². The second-order valence-electron chi connectivity index (χ2n) is 4.84. The number of nitrogens with one attached hydrogen (secondary N) is 1. The van der Waals surface area contributed by atoms with Gasteiger partial charge in [-0.2, -0.15) is 0 Å². The average molecular weight is 312 g/mol. The van der Waals surface area contributed by atoms with Gasteiger partial charge in [-0.25, -0.2) is 9.99 Å². The third kappa shape index (κ3) is 3.09. The van der Waals surface area contributed by atoms with Crippen LogP contribution in [0.4, 0.5) is 0 Å². The highest BCUT2D eigenvalue weighted by molar-refractivity contribution is 9.10. The van der Waals surface area contributed by atoms with Gasteiger partial charge in [0.05, 0.1) is 0 Å². The lowest BCUT2D eigenvalue weighted by Gasteiger charge is -2.38. The Balaban J connectivity index is 2.06. The molecular weight excluding hydrogens is 294 g/mol. The molecule has 2 heterocycles. The van der Waals surface area contributed by atoms with Crippen LogP contribution in [0.25, 0.3) is 0 Å². The quantitative estimate of drug-likeness (QED) is 0.854. The lowest BCUT2D eigenvalue weighted by atomic mass is 10.00. The molecule has 1 aliphatic heterocycles. The maximum Gasteiger partial charge on any atom is 0.265 e. The van der Waals surface area contributed by atoms with Crippen LogP contribution in [0.2, 0.25) is 0 Å². The van der Waals surface area contributed by atoms with Crippen LogP contribution in [0, 0.1) is 0 Å². The van der Waals surface area contributed by atoms with Gasteiger partial charge >= 0.3 is 0 Å². The van der Waals surface area contributed by atoms with Crippen molar-refractivity contribution in [3.63, 3.8) is 0 Å². The number of piperidine rings is 1. The first kappa shape index (κ1) is 13.5. The Kier molecular flexibility index (Phi) is 4.35. The molecule has 18 heavy (non-hydrogen) atoms. The number of carbonyl (C=O) groups excluding carboxylic acids is 1. The molecular formula is C13H18BrN3O. The van der Waals surface area contributed by atoms with E-state index in [1.807, 2.05) is 0 Å². The molecule has 5 heteroatoms. The Hall–Kier alpha value is -0.940. The predicted molar refractivity (Wildman–Crippen MR) is 74.0 cm³/mol. The van der Waals surface area contributed by atoms with E-state index in [0.29, 0.717) is 22.3 Å². The standard InChI is InChI=1S/C13H18BrN3O/c1-9-4-3-5-10(2)17(9)16-13(18)11-6-7-15-12(14)8-11/h6-10H,3-5H2,1-2H3,(H,16,18). The van der Waals surface area contributed by atoms with Crippen molar-refractivity contribution in [2.45, 2.75) is 45.2 Å². The highest BCUT2D eigenvalue weighted by Crippen LogP contribution is 2.20. The number of hydrogen-bond acceptors (Lipinski definition) is 3. The molecule has 2 atom stereocenters. The van der Waals surface area contributed by atoms with Crippen molar-refractivity contribution >= 4 is 21.8 Å². The van der Waals surface area contributed by atoms with E-state index in [-0.39, 0.29) is 5.91 Å². The molecule has 1 fully saturated rings. The molecule has 0 bridgehead atoms. The van der Waals surface area contributed by atoms with E-state index in [0.717, 1.165) is 12.8 Å². The Morgan fingerprint density at radius 1 is 1.44 bits per heavy atom. The molecule has 1 aromatic rings. The van der Waals surface area contributed by atoms with Crippen LogP contribution in [0.15, 0.2) is 22.9 Å². The van der Waals surface area contributed by atoms with E-state index in [1.165, 1.54) is 6.42 Å². The largest absolute Gasteiger partial charge is 0.284 e. The van der Waals surface area contributed by atoms with E-state index < -0.39 is 0 Å². The van der Waals surface area contributed by atoms with E-state index >= 15 is 0 Å². The third-order valence-electron chi connectivity index (χ3n) is 3.41. The zero-order valence-electron chi connectivity index (χ0n) is 10.7. The normalized spacial score (nSPS) is 24.8. The lowest BCUT2D eigenvalue weighted by molar-refractivity contribution is 0.0369. The summed E-state index contributed by atoms with van der Waals surface area (Å²) in [6.07, 6.45) is 5.12. The molecule has 0 aromatic carbocycles. The Morgan fingerprint density at radius 2 is 2.11 bits per heavy atom. The molecule has 1 aromatic heterocycles. The van der Waals surface area contributed by atoms with Gasteiger partial charge in [0.2, 0.25) is 0 Å². The first-order valence-corrected chi connectivity index (χ1v) is 7.08. The summed E-state index contributed by atoms with van der Waals surface area (Å²) in [5.41, 5.74) is 3.63. The van der Waals surface area contributed by atoms with E-state index in [9.17, 15) is 4.79 Å². The topological polar surface area (TPSA) is 45.2 Å². The second-order valence-corrected chi connectivity index (χ2v) is 5.66. The third-order valence-corrected chi connectivity index (χ3v) is 3.85. The zero-order chi connectivity index (χ0) is 13.1. The predicted octanol–water partition coefficient (Wildman–Crippen LogP) is 2.75. The van der Waals surface area contributed by atoms with Crippen LogP contribution in [0.3, 0.4) is 0 Å². The van der Waals surface area contributed by atoms with Crippen molar-refractivity contribution in [3.8, 4) is 0 Å². The van der Waals surface area contributed by atoms with Crippen LogP contribution >= 0.6 is 15.9 Å². The minimum absolute atomic E-state index is 0.0706. The molecule has 98 valence electrons. The maximum atomic E-state index is 12.2. The summed E-state index contributed by atoms with van der Waals surface area (Å²) in [5, 5.41) is 2.07. The molecule has 1 amide bonds. The molecule has 0 spiro atoms. The fourth-order valence-electron chi connectivity index (χ4n) is 2.37. The van der Waals surface area contributed by atoms with Crippen molar-refractivity contribution in [2.24, 2.45) is 0 Å². The average Bonchev–Trinajstić information content (AvgIpc) is 2.34. The van der Waals surface area contributed by atoms with Crippen LogP contribution in [-0.2, 0) is 0 Å². The summed E-state index contributed by atoms with van der Waals surface area (Å²) < 4.78 is 0.676. The number of rotatable bonds is 2. The summed E-state index contributed by atoms with van der Waals surface area (Å²) >= 11 is 3.27. The number of hydrogen-bond donors (Lipinski definition) is 1. The molecule has 1 N–H and O–H groups in total. The zero-order valence-corrected chi connectivity index (χ0v) is 12.3. The van der Waals surface area contributed by atoms with Gasteiger partial charge in [0.1, 0.15) is 4.60 Å². The van der Waals surface area contributed by atoms with Gasteiger partial charge in [0, 0.05) is 23.8 Å². The maximum absolute atomic E-state index is 12.2. The minimum Gasteiger partial charge on any atom is -0.284 e. The number of carbonyl (C=O) groups is 1. The van der Waals surface area contributed by atoms with E-state index in [2.05, 4.69) is 45.2 Å². The number of aromatic nitrogens is 1. The van der Waals surface area contributed by atoms with Crippen LogP contribution in [0.5, 0.6) is 0 Å². The highest BCUT2D eigenvalue weighted by Gasteiger charge is 2.26. The van der Waals surface area contributed by atoms with Gasteiger partial charge in [-0.05, 0) is 54.8 Å². The molecule has 0 saturated carbocycles. The molecule has 1 aliphatic rings. The fraction of sp³-hybridized carbons (Fsp3) is 0.538. The molecule has 2 rings (SSSR count). The monoisotopic (exact) mass is 311 g/mol. The lowest BCUT2D eigenvalue weighted by Crippen LogP contribution is -2.54. The number of hydrazine groups is 1. The van der Waals surface area contributed by atoms with Crippen LogP contribution in [-0.4, -0.2) is 28.0 Å². The summed E-state index contributed by atoms with van der Waals surface area (Å²) in [4.78, 5) is 16.2. The van der Waals surface area contributed by atoms with E-state index in [4.69, 9.17) is 0 Å². The Labute approximate surface area is 116 Å². The van der Waals surface area contributed by atoms with Gasteiger partial charge < -0.3 is 0 Å². The van der Waals surface area contributed by atoms with Crippen molar-refractivity contribution < 1.29 is 4.79 Å². The minimum atomic E-state index is -0.0706. The van der Waals surface area contributed by atoms with Crippen LogP contribution < -0.4 is 5.43 Å². The molecule has 4 nitrogen and oxygen atoms in total. The van der Waals surface area contributed by atoms with Crippen molar-refractivity contribution in [2.75, 3.05) is 0 Å². The SMILES string of the molecule is CC1CCCC(C)N1NC(=O)c1ccnc(Br)c1. The number of nitrogens with zero attached hydrogens (tertiary/aromatic N) is 2. The summed E-state index contributed by atoms with van der Waals surface area (Å²) in [6, 6.07) is 4.24. The van der Waals surface area contributed by atoms with Crippen molar-refractivity contribution in [3.05, 3.63) is 28.5 Å². The van der Waals surface area contributed by atoms with Crippen molar-refractivity contribution in [1.82, 2.24) is 15.4 Å². The first-order chi connectivity index (χ1) is 8.58. The van der Waals surface area contributed by atoms with Crippen molar-refractivity contribution in [1.29, 1.82) is 0 Å². The Bertz CT molecular complexity index is 428. The van der Waals surface area contributed by atoms with Gasteiger partial charge in [-0.1, -0.05) is 6.42 Å². The molecule has 0 aliphatic carbocycles. The molecule has 0 radical (unpaired) electrons. The second kappa shape index (κ2) is 5.80. The number of pyridine rings is 1. The highest BCUT2D eigenvalue weighted by atomic mass is 79.9. The number of halogens is 1. The fourth-order valence-corrected chi connectivity index (χ4v) is 2.73.